The number of nitrogen functional groups attached to an aromatic ring is 1. The molecule has 1 heterocycles. The summed E-state index contributed by atoms with van der Waals surface area (Å²) < 4.78 is 0. The SMILES string of the molecule is CCNC(=O)c1cc(N(C)Cc2ccccc2N)ccn1. The number of hydrogen-bond donors (Lipinski definition) is 2. The number of amides is 1. The van der Waals surface area contributed by atoms with Gasteiger partial charge >= 0.3 is 0 Å². The zero-order valence-electron chi connectivity index (χ0n) is 12.3. The minimum Gasteiger partial charge on any atom is -0.398 e. The van der Waals surface area contributed by atoms with Gasteiger partial charge in [0.15, 0.2) is 0 Å². The second-order valence-corrected chi connectivity index (χ2v) is 4.81. The molecule has 0 radical (unpaired) electrons. The van der Waals surface area contributed by atoms with E-state index in [1.54, 1.807) is 12.3 Å². The molecule has 1 aromatic heterocycles. The third-order valence-corrected chi connectivity index (χ3v) is 3.22. The molecule has 0 fully saturated rings. The van der Waals surface area contributed by atoms with Crippen LogP contribution >= 0.6 is 0 Å². The Morgan fingerprint density at radius 1 is 1.33 bits per heavy atom. The minimum atomic E-state index is -0.160. The summed E-state index contributed by atoms with van der Waals surface area (Å²) >= 11 is 0. The number of pyridine rings is 1. The highest BCUT2D eigenvalue weighted by Gasteiger charge is 2.09. The van der Waals surface area contributed by atoms with Gasteiger partial charge in [-0.15, -0.1) is 0 Å². The van der Waals surface area contributed by atoms with E-state index in [2.05, 4.69) is 10.3 Å². The lowest BCUT2D eigenvalue weighted by molar-refractivity contribution is 0.0951. The van der Waals surface area contributed by atoms with E-state index < -0.39 is 0 Å². The zero-order valence-corrected chi connectivity index (χ0v) is 12.3. The first kappa shape index (κ1) is 14.8. The lowest BCUT2D eigenvalue weighted by Gasteiger charge is -2.20. The first-order chi connectivity index (χ1) is 10.1. The van der Waals surface area contributed by atoms with Gasteiger partial charge in [-0.3, -0.25) is 9.78 Å². The molecule has 2 aromatic rings. The molecule has 0 spiro atoms. The number of nitrogens with one attached hydrogen (secondary N) is 1. The Morgan fingerprint density at radius 3 is 2.81 bits per heavy atom. The number of nitrogens with two attached hydrogens (primary N) is 1. The van der Waals surface area contributed by atoms with E-state index in [4.69, 9.17) is 5.73 Å². The maximum absolute atomic E-state index is 11.8. The van der Waals surface area contributed by atoms with E-state index in [0.717, 1.165) is 16.9 Å². The van der Waals surface area contributed by atoms with Crippen molar-refractivity contribution >= 4 is 17.3 Å². The van der Waals surface area contributed by atoms with Gasteiger partial charge in [0.05, 0.1) is 0 Å². The van der Waals surface area contributed by atoms with Crippen molar-refractivity contribution in [2.24, 2.45) is 0 Å². The molecule has 21 heavy (non-hydrogen) atoms. The Kier molecular flexibility index (Phi) is 4.77. The predicted molar refractivity (Wildman–Crippen MR) is 85.2 cm³/mol. The summed E-state index contributed by atoms with van der Waals surface area (Å²) in [7, 11) is 1.96. The second-order valence-electron chi connectivity index (χ2n) is 4.81. The molecule has 0 aliphatic rings. The fourth-order valence-electron chi connectivity index (χ4n) is 2.06. The molecule has 2 rings (SSSR count). The number of hydrogen-bond acceptors (Lipinski definition) is 4. The predicted octanol–water partition coefficient (Wildman–Crippen LogP) is 2.05. The van der Waals surface area contributed by atoms with Crippen LogP contribution in [0.15, 0.2) is 42.6 Å². The minimum absolute atomic E-state index is 0.160. The molecule has 110 valence electrons. The monoisotopic (exact) mass is 284 g/mol. The highest BCUT2D eigenvalue weighted by atomic mass is 16.1. The van der Waals surface area contributed by atoms with E-state index >= 15 is 0 Å². The summed E-state index contributed by atoms with van der Waals surface area (Å²) in [5.41, 5.74) is 9.12. The van der Waals surface area contributed by atoms with Crippen molar-refractivity contribution in [3.63, 3.8) is 0 Å². The van der Waals surface area contributed by atoms with Gasteiger partial charge in [-0.1, -0.05) is 18.2 Å². The average molecular weight is 284 g/mol. The maximum atomic E-state index is 11.8. The Hall–Kier alpha value is -2.56. The molecule has 0 saturated carbocycles. The average Bonchev–Trinajstić information content (AvgIpc) is 2.50. The Morgan fingerprint density at radius 2 is 2.10 bits per heavy atom. The number of para-hydroxylation sites is 1. The van der Waals surface area contributed by atoms with Crippen LogP contribution in [0.3, 0.4) is 0 Å². The molecule has 0 aliphatic heterocycles. The van der Waals surface area contributed by atoms with Crippen molar-refractivity contribution in [1.29, 1.82) is 0 Å². The van der Waals surface area contributed by atoms with Crippen LogP contribution in [0, 0.1) is 0 Å². The fraction of sp³-hybridized carbons (Fsp3) is 0.250. The first-order valence-corrected chi connectivity index (χ1v) is 6.90. The molecule has 0 unspecified atom stereocenters. The summed E-state index contributed by atoms with van der Waals surface area (Å²) in [4.78, 5) is 18.0. The third-order valence-electron chi connectivity index (χ3n) is 3.22. The van der Waals surface area contributed by atoms with Crippen molar-refractivity contribution in [3.8, 4) is 0 Å². The first-order valence-electron chi connectivity index (χ1n) is 6.90. The van der Waals surface area contributed by atoms with E-state index in [-0.39, 0.29) is 5.91 Å². The van der Waals surface area contributed by atoms with Crippen LogP contribution < -0.4 is 16.0 Å². The van der Waals surface area contributed by atoms with Crippen LogP contribution in [0.25, 0.3) is 0 Å². The zero-order chi connectivity index (χ0) is 15.2. The number of aromatic nitrogens is 1. The van der Waals surface area contributed by atoms with Crippen molar-refractivity contribution in [1.82, 2.24) is 10.3 Å². The highest BCUT2D eigenvalue weighted by molar-refractivity contribution is 5.93. The van der Waals surface area contributed by atoms with Gasteiger partial charge in [0, 0.05) is 37.7 Å². The lowest BCUT2D eigenvalue weighted by atomic mass is 10.1. The summed E-state index contributed by atoms with van der Waals surface area (Å²) in [5.74, 6) is -0.160. The van der Waals surface area contributed by atoms with Crippen LogP contribution in [0.5, 0.6) is 0 Å². The van der Waals surface area contributed by atoms with Gasteiger partial charge in [-0.2, -0.15) is 0 Å². The fourth-order valence-corrected chi connectivity index (χ4v) is 2.06. The van der Waals surface area contributed by atoms with E-state index in [1.807, 2.05) is 49.2 Å². The molecular formula is C16H20N4O. The summed E-state index contributed by atoms with van der Waals surface area (Å²) in [6.07, 6.45) is 1.64. The summed E-state index contributed by atoms with van der Waals surface area (Å²) in [6.45, 7) is 3.14. The van der Waals surface area contributed by atoms with Crippen LogP contribution in [0.1, 0.15) is 23.0 Å². The Balaban J connectivity index is 2.16. The topological polar surface area (TPSA) is 71.2 Å². The molecule has 0 saturated heterocycles. The van der Waals surface area contributed by atoms with Gasteiger partial charge in [-0.25, -0.2) is 0 Å². The van der Waals surface area contributed by atoms with Crippen LogP contribution in [-0.2, 0) is 6.54 Å². The molecule has 0 aliphatic carbocycles. The molecule has 5 heteroatoms. The number of carbonyl (C=O) groups is 1. The van der Waals surface area contributed by atoms with Gasteiger partial charge in [0.25, 0.3) is 5.91 Å². The van der Waals surface area contributed by atoms with Gasteiger partial charge in [0.2, 0.25) is 0 Å². The number of benzene rings is 1. The van der Waals surface area contributed by atoms with Gasteiger partial charge < -0.3 is 16.0 Å². The molecule has 0 atom stereocenters. The molecule has 1 aromatic carbocycles. The van der Waals surface area contributed by atoms with Gasteiger partial charge in [-0.05, 0) is 30.7 Å². The number of nitrogens with zero attached hydrogens (tertiary/aromatic N) is 2. The van der Waals surface area contributed by atoms with Crippen LogP contribution in [0.4, 0.5) is 11.4 Å². The number of rotatable bonds is 5. The van der Waals surface area contributed by atoms with E-state index in [1.165, 1.54) is 0 Å². The second kappa shape index (κ2) is 6.74. The summed E-state index contributed by atoms with van der Waals surface area (Å²) in [6, 6.07) is 11.4. The summed E-state index contributed by atoms with van der Waals surface area (Å²) in [5, 5.41) is 2.75. The molecule has 3 N–H and O–H groups in total. The Bertz CT molecular complexity index is 627. The van der Waals surface area contributed by atoms with Gasteiger partial charge in [0.1, 0.15) is 5.69 Å². The number of carbonyl (C=O) groups excluding carboxylic acids is 1. The highest BCUT2D eigenvalue weighted by Crippen LogP contribution is 2.19. The quantitative estimate of drug-likeness (QED) is 0.824. The van der Waals surface area contributed by atoms with E-state index in [0.29, 0.717) is 18.8 Å². The van der Waals surface area contributed by atoms with Crippen molar-refractivity contribution < 1.29 is 4.79 Å². The lowest BCUT2D eigenvalue weighted by Crippen LogP contribution is -2.24. The molecular weight excluding hydrogens is 264 g/mol. The molecule has 5 nitrogen and oxygen atoms in total. The van der Waals surface area contributed by atoms with Crippen LogP contribution in [0.2, 0.25) is 0 Å². The van der Waals surface area contributed by atoms with Crippen molar-refractivity contribution in [2.45, 2.75) is 13.5 Å². The maximum Gasteiger partial charge on any atom is 0.269 e. The van der Waals surface area contributed by atoms with Crippen molar-refractivity contribution in [3.05, 3.63) is 53.9 Å². The molecule has 1 amide bonds. The molecule has 0 bridgehead atoms. The van der Waals surface area contributed by atoms with Crippen LogP contribution in [-0.4, -0.2) is 24.5 Å². The largest absolute Gasteiger partial charge is 0.398 e. The normalized spacial score (nSPS) is 10.2. The smallest absolute Gasteiger partial charge is 0.269 e. The van der Waals surface area contributed by atoms with Crippen molar-refractivity contribution in [2.75, 3.05) is 24.2 Å². The third kappa shape index (κ3) is 3.72. The Labute approximate surface area is 124 Å². The van der Waals surface area contributed by atoms with E-state index in [9.17, 15) is 4.79 Å². The number of anilines is 2. The standard InChI is InChI=1S/C16H20N4O/c1-3-18-16(21)15-10-13(8-9-19-15)20(2)11-12-6-4-5-7-14(12)17/h4-10H,3,11,17H2,1-2H3,(H,18,21).